The van der Waals surface area contributed by atoms with Crippen molar-refractivity contribution < 1.29 is 5.11 Å². The molecule has 2 N–H and O–H groups in total. The highest BCUT2D eigenvalue weighted by Crippen LogP contribution is 2.20. The van der Waals surface area contributed by atoms with Crippen molar-refractivity contribution in [2.45, 2.75) is 39.3 Å². The van der Waals surface area contributed by atoms with Crippen molar-refractivity contribution in [3.8, 4) is 0 Å². The van der Waals surface area contributed by atoms with Gasteiger partial charge in [0.25, 0.3) is 0 Å². The first-order valence-electron chi connectivity index (χ1n) is 4.92. The lowest BCUT2D eigenvalue weighted by atomic mass is 10.2. The van der Waals surface area contributed by atoms with Gasteiger partial charge >= 0.3 is 0 Å². The number of aliphatic hydroxyl groups is 1. The fourth-order valence-corrected chi connectivity index (χ4v) is 2.16. The van der Waals surface area contributed by atoms with E-state index >= 15 is 0 Å². The summed E-state index contributed by atoms with van der Waals surface area (Å²) < 4.78 is 0. The van der Waals surface area contributed by atoms with Crippen LogP contribution < -0.4 is 5.32 Å². The lowest BCUT2D eigenvalue weighted by Gasteiger charge is -2.17. The van der Waals surface area contributed by atoms with Gasteiger partial charge in [-0.25, -0.2) is 4.98 Å². The van der Waals surface area contributed by atoms with Crippen molar-refractivity contribution in [2.24, 2.45) is 0 Å². The zero-order valence-corrected chi connectivity index (χ0v) is 9.77. The number of hydrogen-bond donors (Lipinski definition) is 2. The summed E-state index contributed by atoms with van der Waals surface area (Å²) in [6, 6.07) is 0.667. The van der Waals surface area contributed by atoms with Gasteiger partial charge in [0.05, 0.1) is 5.01 Å². The minimum absolute atomic E-state index is 0.239. The summed E-state index contributed by atoms with van der Waals surface area (Å²) in [4.78, 5) is 5.48. The van der Waals surface area contributed by atoms with Crippen molar-refractivity contribution in [1.29, 1.82) is 0 Å². The predicted molar refractivity (Wildman–Crippen MR) is 59.6 cm³/mol. The zero-order chi connectivity index (χ0) is 10.6. The van der Waals surface area contributed by atoms with Gasteiger partial charge in [0.2, 0.25) is 0 Å². The summed E-state index contributed by atoms with van der Waals surface area (Å²) in [5.41, 5.74) is 0. The number of thiazole rings is 1. The molecule has 2 atom stereocenters. The van der Waals surface area contributed by atoms with Crippen LogP contribution in [0.2, 0.25) is 0 Å². The molecular formula is C10H18N2OS. The maximum absolute atomic E-state index is 8.77. The van der Waals surface area contributed by atoms with Crippen molar-refractivity contribution in [2.75, 3.05) is 6.61 Å². The van der Waals surface area contributed by atoms with Gasteiger partial charge in [-0.1, -0.05) is 0 Å². The van der Waals surface area contributed by atoms with E-state index in [4.69, 9.17) is 5.11 Å². The number of rotatable bonds is 5. The Morgan fingerprint density at radius 2 is 2.29 bits per heavy atom. The van der Waals surface area contributed by atoms with Crippen LogP contribution >= 0.6 is 11.3 Å². The Hall–Kier alpha value is -0.450. The third kappa shape index (κ3) is 3.36. The van der Waals surface area contributed by atoms with Gasteiger partial charge in [-0.2, -0.15) is 0 Å². The molecule has 0 amide bonds. The van der Waals surface area contributed by atoms with Crippen LogP contribution in [0.15, 0.2) is 6.20 Å². The van der Waals surface area contributed by atoms with E-state index in [1.54, 1.807) is 11.3 Å². The first kappa shape index (κ1) is 11.6. The Morgan fingerprint density at radius 1 is 1.57 bits per heavy atom. The second kappa shape index (κ2) is 5.44. The van der Waals surface area contributed by atoms with Gasteiger partial charge in [0, 0.05) is 29.8 Å². The largest absolute Gasteiger partial charge is 0.396 e. The zero-order valence-electron chi connectivity index (χ0n) is 8.95. The highest BCUT2D eigenvalue weighted by molar-refractivity contribution is 7.11. The van der Waals surface area contributed by atoms with E-state index in [-0.39, 0.29) is 6.61 Å². The van der Waals surface area contributed by atoms with E-state index in [9.17, 15) is 0 Å². The molecule has 0 saturated heterocycles. The van der Waals surface area contributed by atoms with E-state index in [1.165, 1.54) is 4.88 Å². The first-order chi connectivity index (χ1) is 6.63. The average Bonchev–Trinajstić information content (AvgIpc) is 2.52. The van der Waals surface area contributed by atoms with Crippen LogP contribution in [-0.4, -0.2) is 22.7 Å². The minimum atomic E-state index is 0.239. The van der Waals surface area contributed by atoms with Gasteiger partial charge in [-0.15, -0.1) is 11.3 Å². The van der Waals surface area contributed by atoms with Gasteiger partial charge in [0.15, 0.2) is 0 Å². The monoisotopic (exact) mass is 214 g/mol. The molecule has 3 nitrogen and oxygen atoms in total. The Bertz CT molecular complexity index is 275. The molecule has 0 radical (unpaired) electrons. The Balaban J connectivity index is 2.45. The molecule has 0 aliphatic carbocycles. The van der Waals surface area contributed by atoms with E-state index in [1.807, 2.05) is 13.1 Å². The van der Waals surface area contributed by atoms with Crippen LogP contribution in [0.25, 0.3) is 0 Å². The molecule has 1 aromatic rings. The van der Waals surface area contributed by atoms with Crippen LogP contribution in [0, 0.1) is 6.92 Å². The van der Waals surface area contributed by atoms with E-state index in [0.717, 1.165) is 11.4 Å². The molecular weight excluding hydrogens is 196 g/mol. The van der Waals surface area contributed by atoms with Crippen molar-refractivity contribution in [3.05, 3.63) is 16.1 Å². The van der Waals surface area contributed by atoms with Gasteiger partial charge in [-0.05, 0) is 27.2 Å². The van der Waals surface area contributed by atoms with E-state index < -0.39 is 0 Å². The van der Waals surface area contributed by atoms with E-state index in [0.29, 0.717) is 12.1 Å². The van der Waals surface area contributed by atoms with Crippen molar-refractivity contribution in [3.63, 3.8) is 0 Å². The maximum Gasteiger partial charge on any atom is 0.0897 e. The molecule has 0 bridgehead atoms. The number of aryl methyl sites for hydroxylation is 1. The third-order valence-electron chi connectivity index (χ3n) is 2.16. The summed E-state index contributed by atoms with van der Waals surface area (Å²) >= 11 is 1.72. The van der Waals surface area contributed by atoms with Crippen LogP contribution in [-0.2, 0) is 0 Å². The molecule has 0 aliphatic rings. The Kier molecular flexibility index (Phi) is 4.51. The number of hydrogen-bond acceptors (Lipinski definition) is 4. The fraction of sp³-hybridized carbons (Fsp3) is 0.700. The first-order valence-corrected chi connectivity index (χ1v) is 5.74. The fourth-order valence-electron chi connectivity index (χ4n) is 1.36. The highest BCUT2D eigenvalue weighted by atomic mass is 32.1. The second-order valence-electron chi connectivity index (χ2n) is 3.58. The summed E-state index contributed by atoms with van der Waals surface area (Å²) in [7, 11) is 0. The van der Waals surface area contributed by atoms with Crippen LogP contribution in [0.1, 0.15) is 36.2 Å². The molecule has 80 valence electrons. The lowest BCUT2D eigenvalue weighted by Crippen LogP contribution is -2.29. The second-order valence-corrected chi connectivity index (χ2v) is 4.85. The molecule has 0 fully saturated rings. The molecule has 0 saturated carbocycles. The molecule has 1 unspecified atom stereocenters. The molecule has 14 heavy (non-hydrogen) atoms. The predicted octanol–water partition coefficient (Wildman–Crippen LogP) is 1.87. The van der Waals surface area contributed by atoms with Gasteiger partial charge in [0.1, 0.15) is 0 Å². The molecule has 1 aromatic heterocycles. The molecule has 0 spiro atoms. The smallest absolute Gasteiger partial charge is 0.0897 e. The SMILES string of the molecule is Cc1ncc(C(C)N[C@H](C)CCO)s1. The quantitative estimate of drug-likeness (QED) is 0.786. The standard InChI is InChI=1S/C10H18N2OS/c1-7(4-5-13)12-8(2)10-6-11-9(3)14-10/h6-8,12-13H,4-5H2,1-3H3/t7-,8?/m1/s1. The molecule has 1 heterocycles. The van der Waals surface area contributed by atoms with E-state index in [2.05, 4.69) is 24.1 Å². The van der Waals surface area contributed by atoms with Gasteiger partial charge < -0.3 is 10.4 Å². The van der Waals surface area contributed by atoms with Crippen LogP contribution in [0.4, 0.5) is 0 Å². The minimum Gasteiger partial charge on any atom is -0.396 e. The Morgan fingerprint density at radius 3 is 2.79 bits per heavy atom. The van der Waals surface area contributed by atoms with Crippen molar-refractivity contribution in [1.82, 2.24) is 10.3 Å². The lowest BCUT2D eigenvalue weighted by molar-refractivity contribution is 0.265. The number of aromatic nitrogens is 1. The average molecular weight is 214 g/mol. The van der Waals surface area contributed by atoms with Crippen LogP contribution in [0.5, 0.6) is 0 Å². The molecule has 0 aliphatic heterocycles. The molecule has 4 heteroatoms. The number of aliphatic hydroxyl groups excluding tert-OH is 1. The van der Waals surface area contributed by atoms with Crippen LogP contribution in [0.3, 0.4) is 0 Å². The number of nitrogens with one attached hydrogen (secondary N) is 1. The summed E-state index contributed by atoms with van der Waals surface area (Å²) in [5, 5.41) is 13.3. The summed E-state index contributed by atoms with van der Waals surface area (Å²) in [6.07, 6.45) is 2.71. The molecule has 0 aromatic carbocycles. The summed E-state index contributed by atoms with van der Waals surface area (Å²) in [6.45, 7) is 6.46. The highest BCUT2D eigenvalue weighted by Gasteiger charge is 2.10. The third-order valence-corrected chi connectivity index (χ3v) is 3.26. The summed E-state index contributed by atoms with van der Waals surface area (Å²) in [5.74, 6) is 0. The van der Waals surface area contributed by atoms with Crippen molar-refractivity contribution >= 4 is 11.3 Å². The maximum atomic E-state index is 8.77. The topological polar surface area (TPSA) is 45.2 Å². The molecule has 1 rings (SSSR count). The van der Waals surface area contributed by atoms with Gasteiger partial charge in [-0.3, -0.25) is 0 Å². The number of nitrogens with zero attached hydrogens (tertiary/aromatic N) is 1. The normalized spacial score (nSPS) is 15.4. The Labute approximate surface area is 89.2 Å².